The smallest absolute Gasteiger partial charge is 0.123 e. The third-order valence-corrected chi connectivity index (χ3v) is 3.96. The fourth-order valence-electron chi connectivity index (χ4n) is 2.92. The molecule has 1 unspecified atom stereocenters. The van der Waals surface area contributed by atoms with Crippen LogP contribution in [-0.4, -0.2) is 31.1 Å². The van der Waals surface area contributed by atoms with Gasteiger partial charge in [-0.2, -0.15) is 0 Å². The lowest BCUT2D eigenvalue weighted by atomic mass is 10.1. The molecule has 1 aliphatic rings. The fraction of sp³-hybridized carbons (Fsp3) is 0.529. The third-order valence-electron chi connectivity index (χ3n) is 3.96. The molecule has 1 saturated heterocycles. The molecule has 3 heteroatoms. The summed E-state index contributed by atoms with van der Waals surface area (Å²) in [6.45, 7) is 4.79. The maximum absolute atomic E-state index is 5.48. The maximum Gasteiger partial charge on any atom is 0.123 e. The Labute approximate surface area is 122 Å². The molecule has 2 rings (SSSR count). The van der Waals surface area contributed by atoms with Crippen LogP contribution in [0.2, 0.25) is 0 Å². The zero-order chi connectivity index (χ0) is 14.4. The first-order valence-corrected chi connectivity index (χ1v) is 7.38. The van der Waals surface area contributed by atoms with E-state index in [4.69, 9.17) is 10.5 Å². The minimum absolute atomic E-state index is 0.394. The van der Waals surface area contributed by atoms with Crippen LogP contribution in [0.25, 0.3) is 0 Å². The Hall–Kier alpha value is -1.50. The van der Waals surface area contributed by atoms with E-state index in [2.05, 4.69) is 29.7 Å². The minimum Gasteiger partial charge on any atom is -0.496 e. The summed E-state index contributed by atoms with van der Waals surface area (Å²) in [4.78, 5) is 2.55. The predicted molar refractivity (Wildman–Crippen MR) is 82.6 cm³/mol. The summed E-state index contributed by atoms with van der Waals surface area (Å²) < 4.78 is 5.48. The highest BCUT2D eigenvalue weighted by Crippen LogP contribution is 2.27. The topological polar surface area (TPSA) is 38.5 Å². The van der Waals surface area contributed by atoms with Gasteiger partial charge in [-0.25, -0.2) is 0 Å². The van der Waals surface area contributed by atoms with E-state index in [1.165, 1.54) is 31.4 Å². The number of nitrogens with two attached hydrogens (primary N) is 1. The van der Waals surface area contributed by atoms with Gasteiger partial charge in [-0.15, -0.1) is 0 Å². The van der Waals surface area contributed by atoms with Crippen LogP contribution >= 0.6 is 0 Å². The Morgan fingerprint density at radius 3 is 3.00 bits per heavy atom. The van der Waals surface area contributed by atoms with Crippen LogP contribution in [0.1, 0.15) is 37.3 Å². The molecule has 0 aromatic heterocycles. The van der Waals surface area contributed by atoms with Gasteiger partial charge in [-0.3, -0.25) is 4.90 Å². The van der Waals surface area contributed by atoms with Gasteiger partial charge in [0.1, 0.15) is 5.75 Å². The normalized spacial score (nSPS) is 18.6. The van der Waals surface area contributed by atoms with Gasteiger partial charge < -0.3 is 10.5 Å². The highest BCUT2D eigenvalue weighted by Gasteiger charge is 2.23. The summed E-state index contributed by atoms with van der Waals surface area (Å²) in [6, 6.07) is 6.84. The number of nitrogens with zero attached hydrogens (tertiary/aromatic N) is 1. The number of rotatable bonds is 4. The number of ether oxygens (including phenoxy) is 1. The quantitative estimate of drug-likeness (QED) is 0.855. The molecule has 0 spiro atoms. The molecular formula is C17H24N2O. The van der Waals surface area contributed by atoms with Crippen LogP contribution in [0, 0.1) is 11.8 Å². The van der Waals surface area contributed by atoms with Crippen LogP contribution in [0.4, 0.5) is 0 Å². The van der Waals surface area contributed by atoms with Gasteiger partial charge in [0.25, 0.3) is 0 Å². The van der Waals surface area contributed by atoms with Gasteiger partial charge in [0.15, 0.2) is 0 Å². The average Bonchev–Trinajstić information content (AvgIpc) is 2.92. The van der Waals surface area contributed by atoms with Gasteiger partial charge in [-0.1, -0.05) is 18.8 Å². The third kappa shape index (κ3) is 3.53. The molecule has 20 heavy (non-hydrogen) atoms. The Bertz CT molecular complexity index is 501. The Balaban J connectivity index is 2.19. The molecule has 0 bridgehead atoms. The lowest BCUT2D eigenvalue weighted by Gasteiger charge is -2.24. The monoisotopic (exact) mass is 272 g/mol. The lowest BCUT2D eigenvalue weighted by Crippen LogP contribution is -2.28. The van der Waals surface area contributed by atoms with Crippen LogP contribution in [0.5, 0.6) is 5.75 Å². The number of benzene rings is 1. The molecule has 1 aliphatic heterocycles. The molecule has 0 aliphatic carbocycles. The highest BCUT2D eigenvalue weighted by atomic mass is 16.5. The molecule has 1 heterocycles. The lowest BCUT2D eigenvalue weighted by molar-refractivity contribution is 0.236. The van der Waals surface area contributed by atoms with E-state index in [1.807, 2.05) is 12.1 Å². The molecule has 0 saturated carbocycles. The molecule has 3 nitrogen and oxygen atoms in total. The summed E-state index contributed by atoms with van der Waals surface area (Å²) >= 11 is 0. The fourth-order valence-corrected chi connectivity index (χ4v) is 2.92. The van der Waals surface area contributed by atoms with E-state index in [0.29, 0.717) is 12.6 Å². The van der Waals surface area contributed by atoms with E-state index in [9.17, 15) is 0 Å². The van der Waals surface area contributed by atoms with Crippen molar-refractivity contribution in [2.24, 2.45) is 5.73 Å². The van der Waals surface area contributed by atoms with Crippen molar-refractivity contribution in [3.63, 3.8) is 0 Å². The van der Waals surface area contributed by atoms with Crippen LogP contribution in [0.15, 0.2) is 18.2 Å². The van der Waals surface area contributed by atoms with Crippen molar-refractivity contribution in [1.82, 2.24) is 4.90 Å². The van der Waals surface area contributed by atoms with E-state index >= 15 is 0 Å². The first kappa shape index (κ1) is 14.9. The number of hydrogen-bond donors (Lipinski definition) is 1. The van der Waals surface area contributed by atoms with Crippen LogP contribution in [0.3, 0.4) is 0 Å². The Morgan fingerprint density at radius 2 is 2.30 bits per heavy atom. The van der Waals surface area contributed by atoms with Gasteiger partial charge >= 0.3 is 0 Å². The molecule has 0 amide bonds. The molecule has 1 aromatic carbocycles. The number of methoxy groups -OCH3 is 1. The van der Waals surface area contributed by atoms with Crippen molar-refractivity contribution in [3.8, 4) is 17.6 Å². The van der Waals surface area contributed by atoms with E-state index in [-0.39, 0.29) is 0 Å². The summed E-state index contributed by atoms with van der Waals surface area (Å²) in [5, 5.41) is 0. The molecule has 0 radical (unpaired) electrons. The second kappa shape index (κ2) is 7.33. The number of likely N-dealkylation sites (tertiary alicyclic amines) is 1. The van der Waals surface area contributed by atoms with Crippen molar-refractivity contribution < 1.29 is 4.74 Å². The number of hydrogen-bond acceptors (Lipinski definition) is 3. The SMILES string of the molecule is CCC1CCCN1Cc1cc(C#CCN)ccc1OC. The van der Waals surface area contributed by atoms with Crippen LogP contribution < -0.4 is 10.5 Å². The molecule has 2 N–H and O–H groups in total. The summed E-state index contributed by atoms with van der Waals surface area (Å²) in [7, 11) is 1.73. The van der Waals surface area contributed by atoms with E-state index < -0.39 is 0 Å². The molecule has 108 valence electrons. The first-order valence-electron chi connectivity index (χ1n) is 7.38. The first-order chi connectivity index (χ1) is 9.78. The molecular weight excluding hydrogens is 248 g/mol. The predicted octanol–water partition coefficient (Wildman–Crippen LogP) is 2.38. The zero-order valence-electron chi connectivity index (χ0n) is 12.5. The Kier molecular flexibility index (Phi) is 5.46. The van der Waals surface area contributed by atoms with Crippen molar-refractivity contribution >= 4 is 0 Å². The van der Waals surface area contributed by atoms with Crippen molar-refractivity contribution in [2.45, 2.75) is 38.8 Å². The van der Waals surface area contributed by atoms with E-state index in [1.54, 1.807) is 7.11 Å². The van der Waals surface area contributed by atoms with Crippen molar-refractivity contribution in [1.29, 1.82) is 0 Å². The molecule has 1 atom stereocenters. The van der Waals surface area contributed by atoms with Crippen molar-refractivity contribution in [3.05, 3.63) is 29.3 Å². The van der Waals surface area contributed by atoms with Gasteiger partial charge in [0.05, 0.1) is 13.7 Å². The standard InChI is InChI=1S/C17H24N2O/c1-3-16-7-5-11-19(16)13-15-12-14(6-4-10-18)8-9-17(15)20-2/h8-9,12,16H,3,5,7,10-11,13,18H2,1-2H3. The summed E-state index contributed by atoms with van der Waals surface area (Å²) in [6.07, 6.45) is 3.83. The van der Waals surface area contributed by atoms with Gasteiger partial charge in [0, 0.05) is 23.7 Å². The maximum atomic E-state index is 5.48. The average molecular weight is 272 g/mol. The van der Waals surface area contributed by atoms with Crippen molar-refractivity contribution in [2.75, 3.05) is 20.2 Å². The molecule has 1 fully saturated rings. The van der Waals surface area contributed by atoms with E-state index in [0.717, 1.165) is 17.9 Å². The summed E-state index contributed by atoms with van der Waals surface area (Å²) in [5.41, 5.74) is 7.66. The van der Waals surface area contributed by atoms with Gasteiger partial charge in [0.2, 0.25) is 0 Å². The second-order valence-electron chi connectivity index (χ2n) is 5.21. The Morgan fingerprint density at radius 1 is 1.45 bits per heavy atom. The zero-order valence-corrected chi connectivity index (χ0v) is 12.5. The largest absolute Gasteiger partial charge is 0.496 e. The second-order valence-corrected chi connectivity index (χ2v) is 5.21. The highest BCUT2D eigenvalue weighted by molar-refractivity contribution is 5.44. The molecule has 1 aromatic rings. The van der Waals surface area contributed by atoms with Gasteiger partial charge in [-0.05, 0) is 44.0 Å². The van der Waals surface area contributed by atoms with Crippen LogP contribution in [-0.2, 0) is 6.54 Å². The minimum atomic E-state index is 0.394. The summed E-state index contributed by atoms with van der Waals surface area (Å²) in [5.74, 6) is 6.95.